The monoisotopic (exact) mass is 400 g/mol. The molecule has 0 aromatic rings. The number of hydrogen-bond donors (Lipinski definition) is 3. The number of nitrogens with one attached hydrogen (secondary N) is 2. The highest BCUT2D eigenvalue weighted by Crippen LogP contribution is 2.26. The molecule has 2 aliphatic rings. The molecule has 28 heavy (non-hydrogen) atoms. The first-order chi connectivity index (χ1) is 13.2. The Hall–Kier alpha value is -1.38. The summed E-state index contributed by atoms with van der Waals surface area (Å²) in [6.07, 6.45) is 6.82. The maximum Gasteiger partial charge on any atom is 0.407 e. The number of carboxylic acid groups (broad SMARTS) is 1. The van der Waals surface area contributed by atoms with E-state index in [1.807, 2.05) is 20.8 Å². The summed E-state index contributed by atoms with van der Waals surface area (Å²) in [5.74, 6) is -0.880. The second-order valence-corrected chi connectivity index (χ2v) is 8.82. The quantitative estimate of drug-likeness (QED) is 0.425. The van der Waals surface area contributed by atoms with Crippen LogP contribution in [0.25, 0.3) is 0 Å². The number of amides is 1. The van der Waals surface area contributed by atoms with Crippen molar-refractivity contribution in [2.24, 2.45) is 5.92 Å². The number of alkyl carbamates (subject to hydrolysis) is 1. The van der Waals surface area contributed by atoms with Gasteiger partial charge in [0, 0.05) is 12.6 Å². The van der Waals surface area contributed by atoms with Crippen LogP contribution in [0.5, 0.6) is 0 Å². The van der Waals surface area contributed by atoms with Crippen LogP contribution in [0.4, 0.5) is 4.79 Å². The number of hydroxylamine groups is 1. The lowest BCUT2D eigenvalue weighted by atomic mass is 9.86. The molecule has 8 heteroatoms. The van der Waals surface area contributed by atoms with Gasteiger partial charge in [-0.3, -0.25) is 9.63 Å². The molecule has 0 aromatic heterocycles. The van der Waals surface area contributed by atoms with Gasteiger partial charge in [0.15, 0.2) is 0 Å². The molecule has 0 heterocycles. The van der Waals surface area contributed by atoms with Gasteiger partial charge in [-0.05, 0) is 72.1 Å². The van der Waals surface area contributed by atoms with Gasteiger partial charge in [-0.2, -0.15) is 5.48 Å². The Morgan fingerprint density at radius 3 is 2.14 bits per heavy atom. The molecule has 0 aromatic carbocycles. The van der Waals surface area contributed by atoms with Crippen molar-refractivity contribution in [1.29, 1.82) is 0 Å². The zero-order valence-electron chi connectivity index (χ0n) is 17.4. The van der Waals surface area contributed by atoms with Gasteiger partial charge >= 0.3 is 12.1 Å². The molecule has 0 bridgehead atoms. The summed E-state index contributed by atoms with van der Waals surface area (Å²) in [4.78, 5) is 28.4. The van der Waals surface area contributed by atoms with Crippen LogP contribution in [-0.4, -0.2) is 54.2 Å². The van der Waals surface area contributed by atoms with Gasteiger partial charge in [0.25, 0.3) is 0 Å². The van der Waals surface area contributed by atoms with Crippen molar-refractivity contribution in [2.45, 2.75) is 96.0 Å². The first-order valence-electron chi connectivity index (χ1n) is 10.5. The molecule has 1 amide bonds. The summed E-state index contributed by atoms with van der Waals surface area (Å²) >= 11 is 0. The molecule has 2 aliphatic carbocycles. The van der Waals surface area contributed by atoms with Crippen LogP contribution in [0.2, 0.25) is 0 Å². The van der Waals surface area contributed by atoms with Crippen molar-refractivity contribution in [3.8, 4) is 0 Å². The third-order valence-electron chi connectivity index (χ3n) is 5.22. The number of carbonyl (C=O) groups excluding carboxylic acids is 1. The summed E-state index contributed by atoms with van der Waals surface area (Å²) < 4.78 is 11.0. The molecule has 2 fully saturated rings. The van der Waals surface area contributed by atoms with Crippen LogP contribution >= 0.6 is 0 Å². The molecule has 0 unspecified atom stereocenters. The van der Waals surface area contributed by atoms with E-state index in [4.69, 9.17) is 19.4 Å². The summed E-state index contributed by atoms with van der Waals surface area (Å²) in [5, 5.41) is 11.7. The Morgan fingerprint density at radius 1 is 0.964 bits per heavy atom. The van der Waals surface area contributed by atoms with Crippen LogP contribution in [0.15, 0.2) is 0 Å². The standard InChI is InChI=1S/C20H36N2O6/c1-20(2,3)27-19(25)21-12-13-26-16-8-10-17(11-9-16)28-22-15-6-4-14(5-7-15)18(23)24/h14-17,22H,4-13H2,1-3H3,(H,21,25)(H,23,24). The van der Waals surface area contributed by atoms with E-state index in [-0.39, 0.29) is 24.2 Å². The summed E-state index contributed by atoms with van der Waals surface area (Å²) in [7, 11) is 0. The SMILES string of the molecule is CC(C)(C)OC(=O)NCCOC1CCC(ONC2CCC(C(=O)O)CC2)CC1. The highest BCUT2D eigenvalue weighted by atomic mass is 16.7. The van der Waals surface area contributed by atoms with E-state index in [2.05, 4.69) is 10.8 Å². The van der Waals surface area contributed by atoms with Crippen molar-refractivity contribution < 1.29 is 29.0 Å². The van der Waals surface area contributed by atoms with Crippen molar-refractivity contribution in [3.05, 3.63) is 0 Å². The third kappa shape index (κ3) is 8.75. The Labute approximate surface area is 167 Å². The molecule has 162 valence electrons. The minimum atomic E-state index is -0.681. The van der Waals surface area contributed by atoms with Crippen LogP contribution in [0.1, 0.15) is 72.1 Å². The predicted molar refractivity (Wildman–Crippen MR) is 104 cm³/mol. The van der Waals surface area contributed by atoms with Crippen molar-refractivity contribution in [2.75, 3.05) is 13.2 Å². The number of carbonyl (C=O) groups is 2. The summed E-state index contributed by atoms with van der Waals surface area (Å²) in [6, 6.07) is 0.253. The molecule has 0 radical (unpaired) electrons. The maximum atomic E-state index is 11.6. The third-order valence-corrected chi connectivity index (χ3v) is 5.22. The van der Waals surface area contributed by atoms with Gasteiger partial charge in [-0.15, -0.1) is 0 Å². The minimum Gasteiger partial charge on any atom is -0.481 e. The molecule has 3 N–H and O–H groups in total. The zero-order chi connectivity index (χ0) is 20.6. The van der Waals surface area contributed by atoms with E-state index >= 15 is 0 Å². The Kier molecular flexibility index (Phi) is 8.98. The van der Waals surface area contributed by atoms with E-state index in [9.17, 15) is 9.59 Å². The number of aliphatic carboxylic acids is 1. The van der Waals surface area contributed by atoms with Crippen molar-refractivity contribution >= 4 is 12.1 Å². The van der Waals surface area contributed by atoms with E-state index in [1.165, 1.54) is 0 Å². The Balaban J connectivity index is 1.50. The van der Waals surface area contributed by atoms with Crippen molar-refractivity contribution in [3.63, 3.8) is 0 Å². The maximum absolute atomic E-state index is 11.6. The number of rotatable bonds is 8. The molecular weight excluding hydrogens is 364 g/mol. The second-order valence-electron chi connectivity index (χ2n) is 8.82. The van der Waals surface area contributed by atoms with E-state index in [1.54, 1.807) is 0 Å². The number of carboxylic acids is 1. The fraction of sp³-hybridized carbons (Fsp3) is 0.900. The van der Waals surface area contributed by atoms with Crippen LogP contribution in [0.3, 0.4) is 0 Å². The topological polar surface area (TPSA) is 106 Å². The first kappa shape index (κ1) is 22.9. The fourth-order valence-corrected chi connectivity index (χ4v) is 3.66. The molecule has 0 atom stereocenters. The molecule has 0 saturated heterocycles. The Bertz CT molecular complexity index is 491. The number of hydrogen-bond acceptors (Lipinski definition) is 6. The van der Waals surface area contributed by atoms with Gasteiger partial charge in [0.2, 0.25) is 0 Å². The molecular formula is C20H36N2O6. The second kappa shape index (κ2) is 11.0. The van der Waals surface area contributed by atoms with Crippen LogP contribution in [-0.2, 0) is 19.1 Å². The molecule has 2 rings (SSSR count). The molecule has 0 spiro atoms. The van der Waals surface area contributed by atoms with Gasteiger partial charge < -0.3 is 19.9 Å². The van der Waals surface area contributed by atoms with Crippen molar-refractivity contribution in [1.82, 2.24) is 10.8 Å². The van der Waals surface area contributed by atoms with E-state index in [0.717, 1.165) is 38.5 Å². The lowest BCUT2D eigenvalue weighted by Gasteiger charge is -2.31. The van der Waals surface area contributed by atoms with Gasteiger partial charge in [-0.1, -0.05) is 0 Å². The lowest BCUT2D eigenvalue weighted by Crippen LogP contribution is -2.39. The Morgan fingerprint density at radius 2 is 1.57 bits per heavy atom. The van der Waals surface area contributed by atoms with Gasteiger partial charge in [0.1, 0.15) is 5.60 Å². The highest BCUT2D eigenvalue weighted by molar-refractivity contribution is 5.70. The fourth-order valence-electron chi connectivity index (χ4n) is 3.66. The molecule has 2 saturated carbocycles. The number of ether oxygens (including phenoxy) is 2. The van der Waals surface area contributed by atoms with E-state index < -0.39 is 17.7 Å². The smallest absolute Gasteiger partial charge is 0.407 e. The zero-order valence-corrected chi connectivity index (χ0v) is 17.4. The van der Waals surface area contributed by atoms with Crippen LogP contribution < -0.4 is 10.8 Å². The first-order valence-corrected chi connectivity index (χ1v) is 10.5. The average molecular weight is 401 g/mol. The lowest BCUT2D eigenvalue weighted by molar-refractivity contribution is -0.143. The van der Waals surface area contributed by atoms with E-state index in [0.29, 0.717) is 26.0 Å². The average Bonchev–Trinajstić information content (AvgIpc) is 2.63. The summed E-state index contributed by atoms with van der Waals surface area (Å²) in [5.41, 5.74) is 2.66. The largest absolute Gasteiger partial charge is 0.481 e. The van der Waals surface area contributed by atoms with Gasteiger partial charge in [0.05, 0.1) is 24.7 Å². The minimum absolute atomic E-state index is 0.178. The highest BCUT2D eigenvalue weighted by Gasteiger charge is 2.28. The predicted octanol–water partition coefficient (Wildman–Crippen LogP) is 3.00. The summed E-state index contributed by atoms with van der Waals surface area (Å²) in [6.45, 7) is 6.41. The normalized spacial score (nSPS) is 28.5. The molecule has 0 aliphatic heterocycles. The molecule has 8 nitrogen and oxygen atoms in total. The van der Waals surface area contributed by atoms with Gasteiger partial charge in [-0.25, -0.2) is 4.79 Å². The van der Waals surface area contributed by atoms with Crippen LogP contribution in [0, 0.1) is 5.92 Å².